The fourth-order valence-corrected chi connectivity index (χ4v) is 2.81. The third-order valence-electron chi connectivity index (χ3n) is 3.19. The van der Waals surface area contributed by atoms with E-state index < -0.39 is 5.97 Å². The fraction of sp³-hybridized carbons (Fsp3) is 0.118. The Morgan fingerprint density at radius 2 is 1.96 bits per heavy atom. The predicted octanol–water partition coefficient (Wildman–Crippen LogP) is 3.28. The van der Waals surface area contributed by atoms with E-state index in [2.05, 4.69) is 5.10 Å². The Kier molecular flexibility index (Phi) is 4.34. The van der Waals surface area contributed by atoms with Crippen LogP contribution in [0.3, 0.4) is 0 Å². The molecule has 0 aliphatic rings. The Hall–Kier alpha value is -2.73. The van der Waals surface area contributed by atoms with Crippen molar-refractivity contribution in [1.82, 2.24) is 9.78 Å². The molecule has 0 saturated heterocycles. The van der Waals surface area contributed by atoms with Crippen molar-refractivity contribution in [2.45, 2.75) is 6.92 Å². The third kappa shape index (κ3) is 3.54. The number of hydrogen-bond acceptors (Lipinski definition) is 5. The van der Waals surface area contributed by atoms with Gasteiger partial charge in [0.25, 0.3) is 0 Å². The van der Waals surface area contributed by atoms with E-state index in [0.717, 1.165) is 10.6 Å². The van der Waals surface area contributed by atoms with Crippen molar-refractivity contribution in [3.8, 4) is 5.69 Å². The Morgan fingerprint density at radius 1 is 1.17 bits per heavy atom. The lowest BCUT2D eigenvalue weighted by Gasteiger charge is -2.01. The number of aryl methyl sites for hydroxylation is 1. The van der Waals surface area contributed by atoms with Gasteiger partial charge in [0.05, 0.1) is 22.3 Å². The maximum atomic E-state index is 12.0. The molecule has 0 atom stereocenters. The van der Waals surface area contributed by atoms with Crippen LogP contribution in [-0.2, 0) is 4.74 Å². The number of esters is 1. The van der Waals surface area contributed by atoms with Gasteiger partial charge >= 0.3 is 5.97 Å². The van der Waals surface area contributed by atoms with E-state index in [0.29, 0.717) is 10.4 Å². The SMILES string of the molecule is Cc1ccc(C(=O)COC(=O)c2cnn(-c3ccccc3)c2)s1. The molecule has 23 heavy (non-hydrogen) atoms. The predicted molar refractivity (Wildman–Crippen MR) is 87.2 cm³/mol. The van der Waals surface area contributed by atoms with Crippen LogP contribution >= 0.6 is 11.3 Å². The lowest BCUT2D eigenvalue weighted by Crippen LogP contribution is -2.13. The van der Waals surface area contributed by atoms with Crippen LogP contribution in [0.1, 0.15) is 24.9 Å². The first-order valence-corrected chi connectivity index (χ1v) is 7.82. The smallest absolute Gasteiger partial charge is 0.341 e. The molecule has 0 aliphatic heterocycles. The van der Waals surface area contributed by atoms with Gasteiger partial charge in [-0.1, -0.05) is 18.2 Å². The Balaban J connectivity index is 1.63. The van der Waals surface area contributed by atoms with Crippen LogP contribution in [-0.4, -0.2) is 28.1 Å². The van der Waals surface area contributed by atoms with Crippen molar-refractivity contribution in [3.05, 3.63) is 70.2 Å². The van der Waals surface area contributed by atoms with E-state index in [4.69, 9.17) is 4.74 Å². The van der Waals surface area contributed by atoms with E-state index in [1.54, 1.807) is 16.9 Å². The number of ether oxygens (including phenoxy) is 1. The molecule has 6 heteroatoms. The molecular formula is C17H14N2O3S. The summed E-state index contributed by atoms with van der Waals surface area (Å²) in [5.74, 6) is -0.763. The van der Waals surface area contributed by atoms with E-state index >= 15 is 0 Å². The Labute approximate surface area is 137 Å². The van der Waals surface area contributed by atoms with Gasteiger partial charge in [0.2, 0.25) is 5.78 Å². The minimum Gasteiger partial charge on any atom is -0.454 e. The molecule has 0 amide bonds. The second-order valence-electron chi connectivity index (χ2n) is 4.92. The molecule has 0 bridgehead atoms. The van der Waals surface area contributed by atoms with Gasteiger partial charge in [0.1, 0.15) is 0 Å². The molecule has 1 aromatic carbocycles. The average Bonchev–Trinajstić information content (AvgIpc) is 3.22. The standard InChI is InChI=1S/C17H14N2O3S/c1-12-7-8-16(23-12)15(20)11-22-17(21)13-9-18-19(10-13)14-5-3-2-4-6-14/h2-10H,11H2,1H3. The van der Waals surface area contributed by atoms with Crippen LogP contribution in [0.4, 0.5) is 0 Å². The first kappa shape index (κ1) is 15.2. The normalized spacial score (nSPS) is 10.5. The average molecular weight is 326 g/mol. The largest absolute Gasteiger partial charge is 0.454 e. The molecule has 0 spiro atoms. The van der Waals surface area contributed by atoms with Crippen LogP contribution in [0.5, 0.6) is 0 Å². The van der Waals surface area contributed by atoms with Gasteiger partial charge in [-0.2, -0.15) is 5.10 Å². The van der Waals surface area contributed by atoms with Crippen molar-refractivity contribution in [3.63, 3.8) is 0 Å². The highest BCUT2D eigenvalue weighted by molar-refractivity contribution is 7.14. The third-order valence-corrected chi connectivity index (χ3v) is 4.23. The molecule has 0 unspecified atom stereocenters. The van der Waals surface area contributed by atoms with Crippen molar-refractivity contribution in [2.24, 2.45) is 0 Å². The minimum atomic E-state index is -0.561. The molecule has 3 rings (SSSR count). The zero-order chi connectivity index (χ0) is 16.2. The number of Topliss-reactive ketones (excluding diaryl/α,β-unsaturated/α-hetero) is 1. The molecule has 5 nitrogen and oxygen atoms in total. The minimum absolute atomic E-state index is 0.202. The number of carbonyl (C=O) groups is 2. The number of aromatic nitrogens is 2. The summed E-state index contributed by atoms with van der Waals surface area (Å²) in [6.45, 7) is 1.65. The van der Waals surface area contributed by atoms with Crippen LogP contribution in [0.2, 0.25) is 0 Å². The molecule has 0 fully saturated rings. The van der Waals surface area contributed by atoms with Crippen LogP contribution < -0.4 is 0 Å². The maximum Gasteiger partial charge on any atom is 0.341 e. The highest BCUT2D eigenvalue weighted by atomic mass is 32.1. The summed E-state index contributed by atoms with van der Waals surface area (Å²) in [4.78, 5) is 25.6. The number of thiophene rings is 1. The van der Waals surface area contributed by atoms with Crippen LogP contribution in [0.15, 0.2) is 54.9 Å². The number of nitrogens with zero attached hydrogens (tertiary/aromatic N) is 2. The van der Waals surface area contributed by atoms with E-state index in [9.17, 15) is 9.59 Å². The van der Waals surface area contributed by atoms with E-state index in [1.807, 2.05) is 43.3 Å². The monoisotopic (exact) mass is 326 g/mol. The first-order valence-electron chi connectivity index (χ1n) is 7.00. The summed E-state index contributed by atoms with van der Waals surface area (Å²) in [7, 11) is 0. The summed E-state index contributed by atoms with van der Waals surface area (Å²) in [5, 5.41) is 4.13. The molecule has 3 aromatic rings. The number of rotatable bonds is 5. The number of ketones is 1. The van der Waals surface area contributed by atoms with Gasteiger partial charge in [0, 0.05) is 11.1 Å². The molecule has 2 heterocycles. The summed E-state index contributed by atoms with van der Waals surface area (Å²) in [6.07, 6.45) is 3.01. The van der Waals surface area contributed by atoms with E-state index in [1.165, 1.54) is 17.5 Å². The highest BCUT2D eigenvalue weighted by Gasteiger charge is 2.15. The van der Waals surface area contributed by atoms with Crippen molar-refractivity contribution < 1.29 is 14.3 Å². The zero-order valence-electron chi connectivity index (χ0n) is 12.4. The number of benzene rings is 1. The number of carbonyl (C=O) groups excluding carboxylic acids is 2. The van der Waals surface area contributed by atoms with Gasteiger partial charge < -0.3 is 4.74 Å². The molecule has 0 radical (unpaired) electrons. The molecule has 2 aromatic heterocycles. The van der Waals surface area contributed by atoms with E-state index in [-0.39, 0.29) is 12.4 Å². The molecule has 116 valence electrons. The van der Waals surface area contributed by atoms with Crippen molar-refractivity contribution in [2.75, 3.05) is 6.61 Å². The quantitative estimate of drug-likeness (QED) is 0.533. The summed E-state index contributed by atoms with van der Waals surface area (Å²) >= 11 is 1.39. The first-order chi connectivity index (χ1) is 11.1. The molecule has 0 N–H and O–H groups in total. The number of para-hydroxylation sites is 1. The molecular weight excluding hydrogens is 312 g/mol. The molecule has 0 aliphatic carbocycles. The Bertz CT molecular complexity index is 836. The fourth-order valence-electron chi connectivity index (χ4n) is 2.02. The van der Waals surface area contributed by atoms with Gasteiger partial charge in [-0.15, -0.1) is 11.3 Å². The highest BCUT2D eigenvalue weighted by Crippen LogP contribution is 2.16. The topological polar surface area (TPSA) is 61.2 Å². The van der Waals surface area contributed by atoms with Crippen molar-refractivity contribution in [1.29, 1.82) is 0 Å². The van der Waals surface area contributed by atoms with Gasteiger partial charge in [-0.3, -0.25) is 4.79 Å². The summed E-state index contributed by atoms with van der Waals surface area (Å²) < 4.78 is 6.65. The van der Waals surface area contributed by atoms with Crippen LogP contribution in [0.25, 0.3) is 5.69 Å². The lowest BCUT2D eigenvalue weighted by atomic mass is 10.3. The second kappa shape index (κ2) is 6.58. The van der Waals surface area contributed by atoms with Gasteiger partial charge in [-0.25, -0.2) is 9.48 Å². The summed E-state index contributed by atoms with van der Waals surface area (Å²) in [5.41, 5.74) is 1.15. The van der Waals surface area contributed by atoms with Crippen molar-refractivity contribution >= 4 is 23.1 Å². The summed E-state index contributed by atoms with van der Waals surface area (Å²) in [6, 6.07) is 13.0. The van der Waals surface area contributed by atoms with Gasteiger partial charge in [0.15, 0.2) is 6.61 Å². The maximum absolute atomic E-state index is 12.0. The van der Waals surface area contributed by atoms with Gasteiger partial charge in [-0.05, 0) is 31.2 Å². The number of hydrogen-bond donors (Lipinski definition) is 0. The molecule has 0 saturated carbocycles. The van der Waals surface area contributed by atoms with Crippen LogP contribution in [0, 0.1) is 6.92 Å². The Morgan fingerprint density at radius 3 is 2.65 bits per heavy atom. The zero-order valence-corrected chi connectivity index (χ0v) is 13.2. The second-order valence-corrected chi connectivity index (χ2v) is 6.21. The lowest BCUT2D eigenvalue weighted by molar-refractivity contribution is 0.0476.